The Labute approximate surface area is 166 Å². The molecule has 0 saturated heterocycles. The van der Waals surface area contributed by atoms with Gasteiger partial charge in [-0.15, -0.1) is 18.2 Å². The van der Waals surface area contributed by atoms with Crippen LogP contribution < -0.4 is 10.0 Å². The summed E-state index contributed by atoms with van der Waals surface area (Å²) in [5.74, 6) is 0.0158. The van der Waals surface area contributed by atoms with Gasteiger partial charge in [-0.05, 0) is 46.1 Å². The van der Waals surface area contributed by atoms with Gasteiger partial charge in [0.25, 0.3) is 0 Å². The second kappa shape index (κ2) is 9.62. The molecule has 0 radical (unpaired) electrons. The summed E-state index contributed by atoms with van der Waals surface area (Å²) in [6.07, 6.45) is 8.05. The summed E-state index contributed by atoms with van der Waals surface area (Å²) in [5.41, 5.74) is 1.16. The number of rotatable bonds is 8. The molecule has 0 heterocycles. The van der Waals surface area contributed by atoms with E-state index in [1.807, 2.05) is 0 Å². The number of nitrogens with one attached hydrogen (secondary N) is 2. The van der Waals surface area contributed by atoms with Crippen LogP contribution in [0.25, 0.3) is 0 Å². The highest BCUT2D eigenvalue weighted by atomic mass is 35.5. The van der Waals surface area contributed by atoms with Crippen molar-refractivity contribution in [2.75, 3.05) is 5.88 Å². The lowest BCUT2D eigenvalue weighted by Gasteiger charge is -2.23. The molecule has 0 fully saturated rings. The Morgan fingerprint density at radius 2 is 2.00 bits per heavy atom. The summed E-state index contributed by atoms with van der Waals surface area (Å²) in [5, 5.41) is 3.38. The topological polar surface area (TPSA) is 75.3 Å². The first-order chi connectivity index (χ1) is 12.0. The number of sulfonamides is 1. The first-order valence-corrected chi connectivity index (χ1v) is 10.7. The van der Waals surface area contributed by atoms with Crippen LogP contribution in [0.3, 0.4) is 0 Å². The van der Waals surface area contributed by atoms with Crippen molar-refractivity contribution in [2.45, 2.75) is 50.8 Å². The predicted octanol–water partition coefficient (Wildman–Crippen LogP) is 3.73. The highest BCUT2D eigenvalue weighted by Crippen LogP contribution is 2.21. The van der Waals surface area contributed by atoms with Crippen molar-refractivity contribution in [3.05, 3.63) is 47.2 Å². The molecule has 1 unspecified atom stereocenters. The molecule has 1 amide bonds. The molecule has 0 saturated carbocycles. The van der Waals surface area contributed by atoms with Gasteiger partial charge in [-0.2, -0.15) is 0 Å². The molecule has 1 atom stereocenters. The maximum atomic E-state index is 12.4. The van der Waals surface area contributed by atoms with E-state index in [0.717, 1.165) is 0 Å². The number of amides is 1. The smallest absolute Gasteiger partial charge is 0.247 e. The lowest BCUT2D eigenvalue weighted by Crippen LogP contribution is -2.39. The molecule has 1 rings (SSSR count). The molecular weight excluding hydrogens is 395 g/mol. The summed E-state index contributed by atoms with van der Waals surface area (Å²) in [7, 11) is -3.47. The van der Waals surface area contributed by atoms with Crippen LogP contribution in [0.2, 0.25) is 0 Å². The van der Waals surface area contributed by atoms with E-state index in [9.17, 15) is 13.2 Å². The normalized spacial score (nSPS) is 17.0. The second-order valence-corrected chi connectivity index (χ2v) is 10.1. The monoisotopic (exact) mass is 420 g/mol. The average molecular weight is 421 g/mol. The van der Waals surface area contributed by atoms with Gasteiger partial charge in [-0.1, -0.05) is 29.8 Å². The molecule has 0 aliphatic heterocycles. The van der Waals surface area contributed by atoms with Crippen molar-refractivity contribution < 1.29 is 13.2 Å². The van der Waals surface area contributed by atoms with Gasteiger partial charge in [0.05, 0.1) is 16.7 Å². The van der Waals surface area contributed by atoms with Crippen molar-refractivity contribution in [3.8, 4) is 0 Å². The molecule has 26 heavy (non-hydrogen) atoms. The van der Waals surface area contributed by atoms with E-state index in [0.29, 0.717) is 35.6 Å². The van der Waals surface area contributed by atoms with E-state index in [-0.39, 0.29) is 17.8 Å². The van der Waals surface area contributed by atoms with Gasteiger partial charge >= 0.3 is 0 Å². The third kappa shape index (κ3) is 6.82. The third-order valence-electron chi connectivity index (χ3n) is 3.83. The van der Waals surface area contributed by atoms with E-state index in [2.05, 4.69) is 16.6 Å². The molecule has 0 aromatic heterocycles. The molecule has 0 aromatic rings. The zero-order chi connectivity index (χ0) is 20.0. The zero-order valence-electron chi connectivity index (χ0n) is 15.3. The number of hydrogen-bond acceptors (Lipinski definition) is 3. The standard InChI is InChI=1S/C18H26Cl2N2O3S/c1-5-15(11-8-14(20)12-19)21-17(23)13-6-9-16(10-7-13)22-26(24,25)18(2,3)4/h5-6,8-9,15,22H,1,7,10-12H2,2-4H3,(H,21,23)/b14-8+. The molecule has 0 bridgehead atoms. The van der Waals surface area contributed by atoms with Gasteiger partial charge in [0.15, 0.2) is 0 Å². The van der Waals surface area contributed by atoms with Crippen LogP contribution in [-0.4, -0.2) is 31.0 Å². The van der Waals surface area contributed by atoms with Crippen LogP contribution in [0.15, 0.2) is 47.2 Å². The highest BCUT2D eigenvalue weighted by Gasteiger charge is 2.30. The summed E-state index contributed by atoms with van der Waals surface area (Å²) < 4.78 is 26.1. The highest BCUT2D eigenvalue weighted by molar-refractivity contribution is 7.90. The Hall–Kier alpha value is -1.24. The van der Waals surface area contributed by atoms with Gasteiger partial charge in [-0.3, -0.25) is 9.52 Å². The SMILES string of the molecule is C=CC(C/C=C(/Cl)CCl)NC(=O)C1=CC=C(NS(=O)(=O)C(C)(C)C)CC1. The van der Waals surface area contributed by atoms with E-state index in [1.54, 1.807) is 45.1 Å². The maximum Gasteiger partial charge on any atom is 0.247 e. The zero-order valence-corrected chi connectivity index (χ0v) is 17.6. The van der Waals surface area contributed by atoms with E-state index in [4.69, 9.17) is 23.2 Å². The van der Waals surface area contributed by atoms with Gasteiger partial charge in [0, 0.05) is 16.3 Å². The second-order valence-electron chi connectivity index (χ2n) is 6.94. The first kappa shape index (κ1) is 22.8. The molecule has 0 spiro atoms. The van der Waals surface area contributed by atoms with Crippen molar-refractivity contribution in [1.82, 2.24) is 10.0 Å². The Balaban J connectivity index is 2.74. The number of carbonyl (C=O) groups is 1. The molecule has 2 N–H and O–H groups in total. The van der Waals surface area contributed by atoms with Crippen molar-refractivity contribution in [1.29, 1.82) is 0 Å². The van der Waals surface area contributed by atoms with Crippen LogP contribution in [0.4, 0.5) is 0 Å². The number of alkyl halides is 1. The van der Waals surface area contributed by atoms with Crippen LogP contribution >= 0.6 is 23.2 Å². The minimum absolute atomic E-state index is 0.209. The number of hydrogen-bond donors (Lipinski definition) is 2. The fourth-order valence-corrected chi connectivity index (χ4v) is 3.04. The number of allylic oxidation sites excluding steroid dienone is 4. The lowest BCUT2D eigenvalue weighted by molar-refractivity contribution is -0.118. The van der Waals surface area contributed by atoms with E-state index in [1.165, 1.54) is 0 Å². The van der Waals surface area contributed by atoms with Gasteiger partial charge in [0.1, 0.15) is 0 Å². The van der Waals surface area contributed by atoms with Gasteiger partial charge in [0.2, 0.25) is 15.9 Å². The fourth-order valence-electron chi connectivity index (χ4n) is 2.02. The Morgan fingerprint density at radius 3 is 2.46 bits per heavy atom. The molecule has 8 heteroatoms. The molecule has 1 aliphatic rings. The largest absolute Gasteiger partial charge is 0.346 e. The number of halogens is 2. The fraction of sp³-hybridized carbons (Fsp3) is 0.500. The molecule has 5 nitrogen and oxygen atoms in total. The Morgan fingerprint density at radius 1 is 1.35 bits per heavy atom. The summed E-state index contributed by atoms with van der Waals surface area (Å²) in [4.78, 5) is 12.4. The average Bonchev–Trinajstić information content (AvgIpc) is 2.57. The molecule has 146 valence electrons. The van der Waals surface area contributed by atoms with Crippen LogP contribution in [0.1, 0.15) is 40.0 Å². The van der Waals surface area contributed by atoms with Gasteiger partial charge in [-0.25, -0.2) is 8.42 Å². The van der Waals surface area contributed by atoms with Crippen LogP contribution in [0, 0.1) is 0 Å². The minimum Gasteiger partial charge on any atom is -0.346 e. The van der Waals surface area contributed by atoms with Crippen molar-refractivity contribution in [2.24, 2.45) is 0 Å². The summed E-state index contributed by atoms with van der Waals surface area (Å²) >= 11 is 11.5. The molecular formula is C18H26Cl2N2O3S. The Bertz CT molecular complexity index is 732. The minimum atomic E-state index is -3.47. The molecule has 0 aromatic carbocycles. The number of carbonyl (C=O) groups excluding carboxylic acids is 1. The van der Waals surface area contributed by atoms with E-state index < -0.39 is 14.8 Å². The summed E-state index contributed by atoms with van der Waals surface area (Å²) in [6.45, 7) is 8.61. The third-order valence-corrected chi connectivity index (χ3v) is 6.69. The van der Waals surface area contributed by atoms with Crippen LogP contribution in [0.5, 0.6) is 0 Å². The van der Waals surface area contributed by atoms with Crippen molar-refractivity contribution in [3.63, 3.8) is 0 Å². The van der Waals surface area contributed by atoms with E-state index >= 15 is 0 Å². The van der Waals surface area contributed by atoms with Crippen LogP contribution in [-0.2, 0) is 14.8 Å². The first-order valence-electron chi connectivity index (χ1n) is 8.26. The van der Waals surface area contributed by atoms with Gasteiger partial charge < -0.3 is 5.32 Å². The maximum absolute atomic E-state index is 12.4. The molecule has 1 aliphatic carbocycles. The summed E-state index contributed by atoms with van der Waals surface area (Å²) in [6, 6.07) is -0.259. The lowest BCUT2D eigenvalue weighted by atomic mass is 10.0. The Kier molecular flexibility index (Phi) is 8.44. The van der Waals surface area contributed by atoms with Crippen molar-refractivity contribution >= 4 is 39.1 Å². The predicted molar refractivity (Wildman–Crippen MR) is 109 cm³/mol. The quantitative estimate of drug-likeness (QED) is 0.463.